The monoisotopic (exact) mass is 188 g/mol. The van der Waals surface area contributed by atoms with Crippen LogP contribution >= 0.6 is 0 Å². The van der Waals surface area contributed by atoms with Crippen molar-refractivity contribution in [3.8, 4) is 0 Å². The molecule has 2 aromatic rings. The van der Waals surface area contributed by atoms with Crippen LogP contribution in [-0.2, 0) is 0 Å². The molecule has 2 heteroatoms. The number of aryl methyl sites for hydroxylation is 1. The zero-order valence-corrected chi connectivity index (χ0v) is 7.97. The van der Waals surface area contributed by atoms with Crippen LogP contribution in [0.1, 0.15) is 22.8 Å². The first-order chi connectivity index (χ1) is 6.77. The van der Waals surface area contributed by atoms with Gasteiger partial charge < -0.3 is 9.52 Å². The Labute approximate surface area is 82.8 Å². The van der Waals surface area contributed by atoms with Gasteiger partial charge in [-0.15, -0.1) is 0 Å². The van der Waals surface area contributed by atoms with Gasteiger partial charge in [0.2, 0.25) is 0 Å². The maximum Gasteiger partial charge on any atom is 0.107 e. The van der Waals surface area contributed by atoms with Gasteiger partial charge in [-0.2, -0.15) is 0 Å². The van der Waals surface area contributed by atoms with Gasteiger partial charge in [0.1, 0.15) is 6.10 Å². The Morgan fingerprint density at radius 1 is 1.07 bits per heavy atom. The van der Waals surface area contributed by atoms with Crippen molar-refractivity contribution in [1.29, 1.82) is 0 Å². The number of benzene rings is 1. The molecule has 1 atom stereocenters. The molecule has 0 saturated heterocycles. The molecule has 0 aliphatic heterocycles. The van der Waals surface area contributed by atoms with E-state index in [4.69, 9.17) is 4.42 Å². The smallest absolute Gasteiger partial charge is 0.107 e. The fourth-order valence-electron chi connectivity index (χ4n) is 1.37. The fraction of sp³-hybridized carbons (Fsp3) is 0.167. The van der Waals surface area contributed by atoms with Crippen LogP contribution in [0.5, 0.6) is 0 Å². The molecule has 0 bridgehead atoms. The van der Waals surface area contributed by atoms with Gasteiger partial charge in [-0.3, -0.25) is 0 Å². The lowest BCUT2D eigenvalue weighted by Gasteiger charge is -2.08. The van der Waals surface area contributed by atoms with Crippen molar-refractivity contribution in [3.63, 3.8) is 0 Å². The van der Waals surface area contributed by atoms with E-state index in [1.807, 2.05) is 31.2 Å². The fourth-order valence-corrected chi connectivity index (χ4v) is 1.37. The Balaban J connectivity index is 2.28. The number of rotatable bonds is 2. The van der Waals surface area contributed by atoms with Crippen molar-refractivity contribution in [2.24, 2.45) is 0 Å². The van der Waals surface area contributed by atoms with Gasteiger partial charge in [0.25, 0.3) is 0 Å². The Bertz CT molecular complexity index is 387. The summed E-state index contributed by atoms with van der Waals surface area (Å²) in [6, 6.07) is 9.59. The zero-order valence-electron chi connectivity index (χ0n) is 7.97. The molecule has 72 valence electrons. The molecule has 2 nitrogen and oxygen atoms in total. The molecule has 0 aliphatic carbocycles. The third kappa shape index (κ3) is 1.70. The molecule has 1 unspecified atom stereocenters. The molecule has 0 radical (unpaired) electrons. The second-order valence-corrected chi connectivity index (χ2v) is 3.37. The van der Waals surface area contributed by atoms with E-state index in [0.29, 0.717) is 0 Å². The maximum atomic E-state index is 9.91. The molecule has 0 aliphatic rings. The van der Waals surface area contributed by atoms with Crippen molar-refractivity contribution in [1.82, 2.24) is 0 Å². The highest BCUT2D eigenvalue weighted by atomic mass is 16.3. The van der Waals surface area contributed by atoms with Crippen molar-refractivity contribution in [2.75, 3.05) is 0 Å². The highest BCUT2D eigenvalue weighted by Crippen LogP contribution is 2.22. The summed E-state index contributed by atoms with van der Waals surface area (Å²) in [4.78, 5) is 0. The summed E-state index contributed by atoms with van der Waals surface area (Å²) in [7, 11) is 0. The standard InChI is InChI=1S/C12H12O2/c1-9-2-4-10(5-3-9)12(13)11-6-7-14-8-11/h2-8,12-13H,1H3. The van der Waals surface area contributed by atoms with E-state index in [1.54, 1.807) is 18.6 Å². The van der Waals surface area contributed by atoms with Crippen LogP contribution in [0.15, 0.2) is 47.3 Å². The Hall–Kier alpha value is -1.54. The summed E-state index contributed by atoms with van der Waals surface area (Å²) in [6.45, 7) is 2.02. The van der Waals surface area contributed by atoms with Crippen molar-refractivity contribution >= 4 is 0 Å². The number of furan rings is 1. The first-order valence-corrected chi connectivity index (χ1v) is 4.54. The molecule has 14 heavy (non-hydrogen) atoms. The predicted molar refractivity (Wildman–Crippen MR) is 53.9 cm³/mol. The zero-order chi connectivity index (χ0) is 9.97. The lowest BCUT2D eigenvalue weighted by atomic mass is 10.0. The summed E-state index contributed by atoms with van der Waals surface area (Å²) < 4.78 is 4.92. The van der Waals surface area contributed by atoms with E-state index in [2.05, 4.69) is 0 Å². The van der Waals surface area contributed by atoms with Crippen LogP contribution in [0.2, 0.25) is 0 Å². The minimum atomic E-state index is -0.589. The number of aliphatic hydroxyl groups excluding tert-OH is 1. The van der Waals surface area contributed by atoms with Crippen molar-refractivity contribution in [3.05, 3.63) is 59.5 Å². The van der Waals surface area contributed by atoms with Crippen LogP contribution in [0.25, 0.3) is 0 Å². The van der Waals surface area contributed by atoms with Crippen LogP contribution in [0.3, 0.4) is 0 Å². The van der Waals surface area contributed by atoms with Gasteiger partial charge in [-0.25, -0.2) is 0 Å². The topological polar surface area (TPSA) is 33.4 Å². The third-order valence-electron chi connectivity index (χ3n) is 2.25. The third-order valence-corrected chi connectivity index (χ3v) is 2.25. The van der Waals surface area contributed by atoms with Gasteiger partial charge in [-0.1, -0.05) is 29.8 Å². The van der Waals surface area contributed by atoms with Gasteiger partial charge in [0, 0.05) is 5.56 Å². The van der Waals surface area contributed by atoms with Crippen LogP contribution < -0.4 is 0 Å². The van der Waals surface area contributed by atoms with E-state index in [-0.39, 0.29) is 0 Å². The van der Waals surface area contributed by atoms with Crippen molar-refractivity contribution < 1.29 is 9.52 Å². The highest BCUT2D eigenvalue weighted by molar-refractivity contribution is 5.29. The highest BCUT2D eigenvalue weighted by Gasteiger charge is 2.10. The molecular formula is C12H12O2. The molecule has 1 N–H and O–H groups in total. The summed E-state index contributed by atoms with van der Waals surface area (Å²) in [6.07, 6.45) is 2.53. The molecule has 1 aromatic heterocycles. The van der Waals surface area contributed by atoms with E-state index < -0.39 is 6.10 Å². The van der Waals surface area contributed by atoms with Gasteiger partial charge >= 0.3 is 0 Å². The number of hydrogen-bond acceptors (Lipinski definition) is 2. The second-order valence-electron chi connectivity index (χ2n) is 3.37. The predicted octanol–water partition coefficient (Wildman–Crippen LogP) is 2.67. The lowest BCUT2D eigenvalue weighted by Crippen LogP contribution is -1.97. The first kappa shape index (κ1) is 9.03. The maximum absolute atomic E-state index is 9.91. The first-order valence-electron chi connectivity index (χ1n) is 4.54. The average molecular weight is 188 g/mol. The Morgan fingerprint density at radius 2 is 1.79 bits per heavy atom. The van der Waals surface area contributed by atoms with Crippen LogP contribution in [0.4, 0.5) is 0 Å². The summed E-state index contributed by atoms with van der Waals surface area (Å²) >= 11 is 0. The number of aliphatic hydroxyl groups is 1. The normalized spacial score (nSPS) is 12.7. The molecule has 0 fully saturated rings. The van der Waals surface area contributed by atoms with Gasteiger partial charge in [0.05, 0.1) is 12.5 Å². The molecule has 2 rings (SSSR count). The van der Waals surface area contributed by atoms with Gasteiger partial charge in [-0.05, 0) is 18.6 Å². The Morgan fingerprint density at radius 3 is 2.36 bits per heavy atom. The van der Waals surface area contributed by atoms with Crippen molar-refractivity contribution in [2.45, 2.75) is 13.0 Å². The summed E-state index contributed by atoms with van der Waals surface area (Å²) in [5.41, 5.74) is 2.86. The minimum Gasteiger partial charge on any atom is -0.472 e. The van der Waals surface area contributed by atoms with Crippen LogP contribution in [0, 0.1) is 6.92 Å². The van der Waals surface area contributed by atoms with Crippen LogP contribution in [-0.4, -0.2) is 5.11 Å². The Kier molecular flexibility index (Phi) is 2.37. The van der Waals surface area contributed by atoms with E-state index in [1.165, 1.54) is 5.56 Å². The molecule has 1 heterocycles. The molecule has 0 saturated carbocycles. The minimum absolute atomic E-state index is 0.589. The molecule has 0 amide bonds. The summed E-state index contributed by atoms with van der Waals surface area (Å²) in [5.74, 6) is 0. The molecule has 0 spiro atoms. The quantitative estimate of drug-likeness (QED) is 0.786. The second kappa shape index (κ2) is 3.68. The number of hydrogen-bond donors (Lipinski definition) is 1. The molecular weight excluding hydrogens is 176 g/mol. The average Bonchev–Trinajstić information content (AvgIpc) is 2.71. The SMILES string of the molecule is Cc1ccc(C(O)c2ccoc2)cc1. The molecule has 1 aromatic carbocycles. The van der Waals surface area contributed by atoms with E-state index in [0.717, 1.165) is 11.1 Å². The van der Waals surface area contributed by atoms with E-state index >= 15 is 0 Å². The van der Waals surface area contributed by atoms with Gasteiger partial charge in [0.15, 0.2) is 0 Å². The lowest BCUT2D eigenvalue weighted by molar-refractivity contribution is 0.219. The summed E-state index contributed by atoms with van der Waals surface area (Å²) in [5, 5.41) is 9.91. The van der Waals surface area contributed by atoms with E-state index in [9.17, 15) is 5.11 Å². The largest absolute Gasteiger partial charge is 0.472 e.